The molecule has 1 heterocycles. The lowest BCUT2D eigenvalue weighted by atomic mass is 9.80. The first-order chi connectivity index (χ1) is 18.3. The number of rotatable bonds is 5. The van der Waals surface area contributed by atoms with Crippen LogP contribution in [0.25, 0.3) is 10.8 Å². The highest BCUT2D eigenvalue weighted by molar-refractivity contribution is 5.89. The number of fused-ring (bicyclic) bond motifs is 1. The van der Waals surface area contributed by atoms with Gasteiger partial charge in [0.25, 0.3) is 0 Å². The first kappa shape index (κ1) is 25.5. The van der Waals surface area contributed by atoms with Crippen molar-refractivity contribution in [1.29, 1.82) is 0 Å². The van der Waals surface area contributed by atoms with Crippen molar-refractivity contribution in [3.63, 3.8) is 0 Å². The van der Waals surface area contributed by atoms with Crippen LogP contribution in [0.5, 0.6) is 0 Å². The molecule has 0 bridgehead atoms. The van der Waals surface area contributed by atoms with Crippen LogP contribution in [0.3, 0.4) is 0 Å². The molecule has 4 aromatic rings. The van der Waals surface area contributed by atoms with Crippen LogP contribution < -0.4 is 5.06 Å². The van der Waals surface area contributed by atoms with Gasteiger partial charge in [0, 0.05) is 5.92 Å². The summed E-state index contributed by atoms with van der Waals surface area (Å²) in [5.74, 6) is -0.699. The minimum absolute atomic E-state index is 0.230. The highest BCUT2D eigenvalue weighted by Crippen LogP contribution is 2.46. The minimum atomic E-state index is -4.44. The first-order valence-corrected chi connectivity index (χ1v) is 12.3. The van der Waals surface area contributed by atoms with E-state index in [1.807, 2.05) is 36.4 Å². The van der Waals surface area contributed by atoms with E-state index in [0.29, 0.717) is 16.8 Å². The molecular formula is C31H26F3NO3. The molecule has 5 rings (SSSR count). The molecule has 1 aliphatic heterocycles. The summed E-state index contributed by atoms with van der Waals surface area (Å²) < 4.78 is 45.1. The maximum Gasteiger partial charge on any atom is 0.416 e. The third-order valence-corrected chi connectivity index (χ3v) is 6.74. The second-order valence-electron chi connectivity index (χ2n) is 9.17. The molecule has 4 aromatic carbocycles. The molecule has 0 radical (unpaired) electrons. The summed E-state index contributed by atoms with van der Waals surface area (Å²) in [7, 11) is 0. The van der Waals surface area contributed by atoms with Crippen LogP contribution in [0.1, 0.15) is 45.9 Å². The van der Waals surface area contributed by atoms with Gasteiger partial charge in [-0.15, -0.1) is 0 Å². The number of hydroxylamine groups is 1. The Morgan fingerprint density at radius 2 is 1.61 bits per heavy atom. The van der Waals surface area contributed by atoms with Crippen LogP contribution >= 0.6 is 0 Å². The van der Waals surface area contributed by atoms with E-state index < -0.39 is 23.8 Å². The van der Waals surface area contributed by atoms with Gasteiger partial charge in [-0.25, -0.2) is 9.86 Å². The number of hydrogen-bond donors (Lipinski definition) is 0. The molecule has 1 fully saturated rings. The standard InChI is InChI=1S/C31H26F3NO3/c1-3-37-30(36)23-12-16-27(17-13-23)35-29(22-10-14-26(15-11-22)31(32,33)34)28(20(2)19-38-35)25-9-8-21-6-4-5-7-24(21)18-25/h4-18,28-29H,2-3,19H2,1H3/t28-,29-/m1/s1. The second kappa shape index (κ2) is 10.3. The first-order valence-electron chi connectivity index (χ1n) is 12.3. The Morgan fingerprint density at radius 3 is 2.26 bits per heavy atom. The van der Waals surface area contributed by atoms with E-state index in [1.165, 1.54) is 12.1 Å². The molecule has 0 aliphatic carbocycles. The fraction of sp³-hybridized carbons (Fsp3) is 0.194. The number of hydrogen-bond acceptors (Lipinski definition) is 4. The molecule has 7 heteroatoms. The molecule has 194 valence electrons. The lowest BCUT2D eigenvalue weighted by Crippen LogP contribution is -2.39. The number of halogens is 3. The summed E-state index contributed by atoms with van der Waals surface area (Å²) in [5.41, 5.74) is 2.77. The number of carbonyl (C=O) groups excluding carboxylic acids is 1. The number of benzene rings is 4. The van der Waals surface area contributed by atoms with E-state index in [2.05, 4.69) is 12.6 Å². The zero-order valence-corrected chi connectivity index (χ0v) is 20.7. The molecule has 0 saturated carbocycles. The number of anilines is 1. The summed E-state index contributed by atoms with van der Waals surface area (Å²) in [5, 5.41) is 3.85. The summed E-state index contributed by atoms with van der Waals surface area (Å²) in [6.45, 7) is 6.51. The summed E-state index contributed by atoms with van der Waals surface area (Å²) in [6, 6.07) is 25.6. The number of ether oxygens (including phenoxy) is 1. The fourth-order valence-electron chi connectivity index (χ4n) is 4.89. The van der Waals surface area contributed by atoms with Crippen LogP contribution in [0.4, 0.5) is 18.9 Å². The number of alkyl halides is 3. The summed E-state index contributed by atoms with van der Waals surface area (Å²) in [6.07, 6.45) is -4.44. The zero-order valence-electron chi connectivity index (χ0n) is 20.7. The maximum atomic E-state index is 13.3. The van der Waals surface area contributed by atoms with Crippen molar-refractivity contribution in [2.45, 2.75) is 25.1 Å². The fourth-order valence-corrected chi connectivity index (χ4v) is 4.89. The predicted molar refractivity (Wildman–Crippen MR) is 141 cm³/mol. The van der Waals surface area contributed by atoms with Gasteiger partial charge in [0.2, 0.25) is 0 Å². The third-order valence-electron chi connectivity index (χ3n) is 6.74. The molecule has 0 unspecified atom stereocenters. The van der Waals surface area contributed by atoms with Crippen LogP contribution in [0, 0.1) is 0 Å². The van der Waals surface area contributed by atoms with Gasteiger partial charge in [-0.2, -0.15) is 13.2 Å². The summed E-state index contributed by atoms with van der Waals surface area (Å²) >= 11 is 0. The Hall–Kier alpha value is -4.10. The van der Waals surface area contributed by atoms with Gasteiger partial charge in [-0.05, 0) is 70.8 Å². The second-order valence-corrected chi connectivity index (χ2v) is 9.17. The normalized spacial score (nSPS) is 18.0. The van der Waals surface area contributed by atoms with E-state index in [0.717, 1.165) is 34.0 Å². The lowest BCUT2D eigenvalue weighted by molar-refractivity contribution is -0.137. The van der Waals surface area contributed by atoms with Crippen LogP contribution in [0.2, 0.25) is 0 Å². The molecule has 1 aliphatic rings. The van der Waals surface area contributed by atoms with Gasteiger partial charge >= 0.3 is 12.1 Å². The van der Waals surface area contributed by atoms with E-state index in [4.69, 9.17) is 9.57 Å². The lowest BCUT2D eigenvalue weighted by Gasteiger charge is -2.43. The van der Waals surface area contributed by atoms with Gasteiger partial charge in [-0.3, -0.25) is 4.84 Å². The van der Waals surface area contributed by atoms with Crippen molar-refractivity contribution in [3.8, 4) is 0 Å². The van der Waals surface area contributed by atoms with Gasteiger partial charge in [-0.1, -0.05) is 61.2 Å². The highest BCUT2D eigenvalue weighted by atomic mass is 19.4. The van der Waals surface area contributed by atoms with Crippen molar-refractivity contribution in [2.75, 3.05) is 18.3 Å². The molecule has 1 saturated heterocycles. The van der Waals surface area contributed by atoms with Gasteiger partial charge < -0.3 is 4.74 Å². The maximum absolute atomic E-state index is 13.3. The van der Waals surface area contributed by atoms with E-state index in [-0.39, 0.29) is 19.1 Å². The molecule has 38 heavy (non-hydrogen) atoms. The van der Waals surface area contributed by atoms with Gasteiger partial charge in [0.1, 0.15) is 0 Å². The molecule has 4 nitrogen and oxygen atoms in total. The van der Waals surface area contributed by atoms with E-state index in [9.17, 15) is 18.0 Å². The average Bonchev–Trinajstić information content (AvgIpc) is 2.92. The topological polar surface area (TPSA) is 38.8 Å². The molecule has 0 N–H and O–H groups in total. The minimum Gasteiger partial charge on any atom is -0.462 e. The van der Waals surface area contributed by atoms with Crippen LogP contribution in [-0.2, 0) is 15.8 Å². The Kier molecular flexibility index (Phi) is 6.95. The van der Waals surface area contributed by atoms with Crippen LogP contribution in [-0.4, -0.2) is 19.2 Å². The van der Waals surface area contributed by atoms with Crippen molar-refractivity contribution in [3.05, 3.63) is 125 Å². The number of esters is 1. The number of nitrogens with zero attached hydrogens (tertiary/aromatic N) is 1. The highest BCUT2D eigenvalue weighted by Gasteiger charge is 2.38. The van der Waals surface area contributed by atoms with Crippen molar-refractivity contribution in [2.24, 2.45) is 0 Å². The Balaban J connectivity index is 1.60. The quantitative estimate of drug-likeness (QED) is 0.200. The largest absolute Gasteiger partial charge is 0.462 e. The monoisotopic (exact) mass is 517 g/mol. The van der Waals surface area contributed by atoms with Crippen molar-refractivity contribution in [1.82, 2.24) is 0 Å². The van der Waals surface area contributed by atoms with E-state index in [1.54, 1.807) is 36.3 Å². The molecule has 0 spiro atoms. The average molecular weight is 518 g/mol. The van der Waals surface area contributed by atoms with Crippen molar-refractivity contribution >= 4 is 22.4 Å². The summed E-state index contributed by atoms with van der Waals surface area (Å²) in [4.78, 5) is 18.3. The molecule has 0 amide bonds. The Labute approximate surface area is 218 Å². The zero-order chi connectivity index (χ0) is 26.9. The van der Waals surface area contributed by atoms with Gasteiger partial charge in [0.15, 0.2) is 0 Å². The van der Waals surface area contributed by atoms with E-state index >= 15 is 0 Å². The molecule has 2 atom stereocenters. The smallest absolute Gasteiger partial charge is 0.416 e. The SMILES string of the molecule is C=C1CON(c2ccc(C(=O)OCC)cc2)[C@H](c2ccc(C(F)(F)F)cc2)[C@H]1c1ccc2ccccc2c1. The molecule has 0 aromatic heterocycles. The molecular weight excluding hydrogens is 491 g/mol. The Morgan fingerprint density at radius 1 is 0.947 bits per heavy atom. The van der Waals surface area contributed by atoms with Crippen LogP contribution in [0.15, 0.2) is 103 Å². The Bertz CT molecular complexity index is 1460. The van der Waals surface area contributed by atoms with Crippen molar-refractivity contribution < 1.29 is 27.5 Å². The predicted octanol–water partition coefficient (Wildman–Crippen LogP) is 7.87. The van der Waals surface area contributed by atoms with Gasteiger partial charge in [0.05, 0.1) is 36.1 Å². The third kappa shape index (κ3) is 5.02. The number of carbonyl (C=O) groups is 1.